The van der Waals surface area contributed by atoms with Gasteiger partial charge in [0.05, 0.1) is 13.1 Å². The zero-order valence-corrected chi connectivity index (χ0v) is 14.6. The minimum atomic E-state index is -0.207. The van der Waals surface area contributed by atoms with Gasteiger partial charge in [0.25, 0.3) is 5.56 Å². The average Bonchev–Trinajstić information content (AvgIpc) is 2.96. The average molecular weight is 366 g/mol. The number of rotatable bonds is 4. The molecule has 6 nitrogen and oxygen atoms in total. The van der Waals surface area contributed by atoms with E-state index in [1.165, 1.54) is 10.9 Å². The molecular formula is C19H16ClN5O. The maximum Gasteiger partial charge on any atom is 0.266 e. The zero-order chi connectivity index (χ0) is 18.1. The third-order valence-corrected chi connectivity index (χ3v) is 4.59. The molecule has 0 fully saturated rings. The van der Waals surface area contributed by atoms with Crippen molar-refractivity contribution in [2.75, 3.05) is 5.73 Å². The van der Waals surface area contributed by atoms with E-state index in [-0.39, 0.29) is 11.4 Å². The highest BCUT2D eigenvalue weighted by Crippen LogP contribution is 2.20. The zero-order valence-electron chi connectivity index (χ0n) is 13.8. The van der Waals surface area contributed by atoms with E-state index >= 15 is 0 Å². The second kappa shape index (κ2) is 6.65. The van der Waals surface area contributed by atoms with Gasteiger partial charge in [-0.15, -0.1) is 0 Å². The number of hydrogen-bond donors (Lipinski definition) is 1. The quantitative estimate of drug-likeness (QED) is 0.603. The van der Waals surface area contributed by atoms with Crippen molar-refractivity contribution in [1.82, 2.24) is 19.3 Å². The lowest BCUT2D eigenvalue weighted by atomic mass is 10.2. The summed E-state index contributed by atoms with van der Waals surface area (Å²) in [4.78, 5) is 17.3. The van der Waals surface area contributed by atoms with E-state index in [1.54, 1.807) is 4.68 Å². The molecule has 0 amide bonds. The number of nitrogen functional groups attached to an aromatic ring is 1. The summed E-state index contributed by atoms with van der Waals surface area (Å²) >= 11 is 6.22. The Hall–Kier alpha value is -3.12. The maximum atomic E-state index is 12.8. The Labute approximate surface area is 154 Å². The minimum absolute atomic E-state index is 0.173. The molecular weight excluding hydrogens is 350 g/mol. The van der Waals surface area contributed by atoms with E-state index in [2.05, 4.69) is 10.1 Å². The van der Waals surface area contributed by atoms with Crippen LogP contribution in [0, 0.1) is 0 Å². The van der Waals surface area contributed by atoms with E-state index in [0.717, 1.165) is 11.1 Å². The molecule has 0 radical (unpaired) electrons. The monoisotopic (exact) mass is 365 g/mol. The Balaban J connectivity index is 1.76. The van der Waals surface area contributed by atoms with Crippen LogP contribution in [0.1, 0.15) is 11.1 Å². The number of hydrogen-bond acceptors (Lipinski definition) is 4. The molecule has 0 aliphatic carbocycles. The van der Waals surface area contributed by atoms with Crippen LogP contribution in [0.25, 0.3) is 11.0 Å². The molecule has 4 aromatic rings. The standard InChI is InChI=1S/C19H16ClN5O/c20-15-9-5-4-8-14(15)11-25-18-16(17(21)23-25)19(26)24(12-22-18)10-13-6-2-1-3-7-13/h1-9,12H,10-11H2,(H2,21,23). The molecule has 0 unspecified atom stereocenters. The Kier molecular flexibility index (Phi) is 4.18. The summed E-state index contributed by atoms with van der Waals surface area (Å²) in [6, 6.07) is 17.2. The van der Waals surface area contributed by atoms with E-state index in [0.29, 0.717) is 29.1 Å². The molecule has 130 valence electrons. The molecule has 0 aliphatic rings. The lowest BCUT2D eigenvalue weighted by Crippen LogP contribution is -2.21. The Morgan fingerprint density at radius 1 is 1.00 bits per heavy atom. The molecule has 2 aromatic heterocycles. The van der Waals surface area contributed by atoms with Gasteiger partial charge in [0.1, 0.15) is 11.7 Å². The largest absolute Gasteiger partial charge is 0.381 e. The number of aromatic nitrogens is 4. The van der Waals surface area contributed by atoms with Gasteiger partial charge < -0.3 is 5.73 Å². The van der Waals surface area contributed by atoms with Gasteiger partial charge in [-0.2, -0.15) is 5.10 Å². The van der Waals surface area contributed by atoms with Gasteiger partial charge in [0, 0.05) is 5.02 Å². The SMILES string of the molecule is Nc1nn(Cc2ccccc2Cl)c2ncn(Cc3ccccc3)c(=O)c12. The molecule has 2 N–H and O–H groups in total. The highest BCUT2D eigenvalue weighted by atomic mass is 35.5. The molecule has 0 saturated heterocycles. The van der Waals surface area contributed by atoms with Crippen LogP contribution in [0.4, 0.5) is 5.82 Å². The van der Waals surface area contributed by atoms with Crippen molar-refractivity contribution in [2.24, 2.45) is 0 Å². The third kappa shape index (κ3) is 2.95. The Morgan fingerprint density at radius 3 is 2.50 bits per heavy atom. The molecule has 4 rings (SSSR count). The Bertz CT molecular complexity index is 1130. The number of benzene rings is 2. The minimum Gasteiger partial charge on any atom is -0.381 e. The van der Waals surface area contributed by atoms with Crippen molar-refractivity contribution in [3.63, 3.8) is 0 Å². The topological polar surface area (TPSA) is 78.7 Å². The summed E-state index contributed by atoms with van der Waals surface area (Å²) in [5, 5.41) is 5.26. The lowest BCUT2D eigenvalue weighted by molar-refractivity contribution is 0.698. The first-order valence-corrected chi connectivity index (χ1v) is 8.50. The lowest BCUT2D eigenvalue weighted by Gasteiger charge is -2.07. The van der Waals surface area contributed by atoms with Crippen LogP contribution in [-0.4, -0.2) is 19.3 Å². The maximum absolute atomic E-state index is 12.8. The number of fused-ring (bicyclic) bond motifs is 1. The van der Waals surface area contributed by atoms with Crippen molar-refractivity contribution in [3.05, 3.63) is 87.4 Å². The number of nitrogens with zero attached hydrogens (tertiary/aromatic N) is 4. The molecule has 0 spiro atoms. The van der Waals surface area contributed by atoms with Gasteiger partial charge >= 0.3 is 0 Å². The van der Waals surface area contributed by atoms with E-state index in [1.807, 2.05) is 54.6 Å². The van der Waals surface area contributed by atoms with E-state index in [4.69, 9.17) is 17.3 Å². The number of halogens is 1. The van der Waals surface area contributed by atoms with Gasteiger partial charge in [-0.25, -0.2) is 9.67 Å². The normalized spacial score (nSPS) is 11.1. The number of anilines is 1. The summed E-state index contributed by atoms with van der Waals surface area (Å²) < 4.78 is 3.15. The van der Waals surface area contributed by atoms with Gasteiger partial charge in [-0.1, -0.05) is 60.1 Å². The fourth-order valence-electron chi connectivity index (χ4n) is 2.92. The molecule has 2 aromatic carbocycles. The van der Waals surface area contributed by atoms with Crippen LogP contribution >= 0.6 is 11.6 Å². The fourth-order valence-corrected chi connectivity index (χ4v) is 3.11. The van der Waals surface area contributed by atoms with Gasteiger partial charge in [0.15, 0.2) is 11.5 Å². The first kappa shape index (κ1) is 16.4. The van der Waals surface area contributed by atoms with Crippen LogP contribution in [-0.2, 0) is 13.1 Å². The van der Waals surface area contributed by atoms with Crippen molar-refractivity contribution < 1.29 is 0 Å². The summed E-state index contributed by atoms with van der Waals surface area (Å²) in [6.07, 6.45) is 1.53. The highest BCUT2D eigenvalue weighted by Gasteiger charge is 2.16. The molecule has 7 heteroatoms. The van der Waals surface area contributed by atoms with Crippen molar-refractivity contribution in [3.8, 4) is 0 Å². The van der Waals surface area contributed by atoms with Crippen LogP contribution in [0.3, 0.4) is 0 Å². The molecule has 26 heavy (non-hydrogen) atoms. The Morgan fingerprint density at radius 2 is 1.73 bits per heavy atom. The smallest absolute Gasteiger partial charge is 0.266 e. The summed E-state index contributed by atoms with van der Waals surface area (Å²) in [7, 11) is 0. The highest BCUT2D eigenvalue weighted by molar-refractivity contribution is 6.31. The fraction of sp³-hybridized carbons (Fsp3) is 0.105. The molecule has 0 saturated carbocycles. The second-order valence-corrected chi connectivity index (χ2v) is 6.40. The first-order valence-electron chi connectivity index (χ1n) is 8.12. The van der Waals surface area contributed by atoms with Crippen LogP contribution in [0.5, 0.6) is 0 Å². The molecule has 0 atom stereocenters. The predicted molar refractivity (Wildman–Crippen MR) is 102 cm³/mol. The molecule has 0 aliphatic heterocycles. The second-order valence-electron chi connectivity index (χ2n) is 6.00. The van der Waals surface area contributed by atoms with Crippen LogP contribution < -0.4 is 11.3 Å². The summed E-state index contributed by atoms with van der Waals surface area (Å²) in [6.45, 7) is 0.820. The van der Waals surface area contributed by atoms with Crippen LogP contribution in [0.15, 0.2) is 65.7 Å². The van der Waals surface area contributed by atoms with Crippen molar-refractivity contribution >= 4 is 28.5 Å². The first-order chi connectivity index (χ1) is 12.6. The third-order valence-electron chi connectivity index (χ3n) is 4.22. The summed E-state index contributed by atoms with van der Waals surface area (Å²) in [5.74, 6) is 0.173. The molecule has 2 heterocycles. The molecule has 0 bridgehead atoms. The van der Waals surface area contributed by atoms with Crippen LogP contribution in [0.2, 0.25) is 5.02 Å². The predicted octanol–water partition coefficient (Wildman–Crippen LogP) is 2.93. The van der Waals surface area contributed by atoms with E-state index < -0.39 is 0 Å². The summed E-state index contributed by atoms with van der Waals surface area (Å²) in [5.41, 5.74) is 8.16. The van der Waals surface area contributed by atoms with E-state index in [9.17, 15) is 4.79 Å². The number of nitrogens with two attached hydrogens (primary N) is 1. The van der Waals surface area contributed by atoms with Gasteiger partial charge in [0.2, 0.25) is 0 Å². The van der Waals surface area contributed by atoms with Gasteiger partial charge in [-0.05, 0) is 17.2 Å². The van der Waals surface area contributed by atoms with Crippen molar-refractivity contribution in [2.45, 2.75) is 13.1 Å². The van der Waals surface area contributed by atoms with Gasteiger partial charge in [-0.3, -0.25) is 9.36 Å². The van der Waals surface area contributed by atoms with Crippen molar-refractivity contribution in [1.29, 1.82) is 0 Å².